The van der Waals surface area contributed by atoms with E-state index in [1.54, 1.807) is 13.8 Å². The summed E-state index contributed by atoms with van der Waals surface area (Å²) in [6.07, 6.45) is 3.81. The third kappa shape index (κ3) is 3.23. The number of amides is 2. The zero-order valence-corrected chi connectivity index (χ0v) is 13.8. The van der Waals surface area contributed by atoms with E-state index < -0.39 is 5.54 Å². The molecule has 0 bridgehead atoms. The van der Waals surface area contributed by atoms with Gasteiger partial charge in [0.1, 0.15) is 11.6 Å². The maximum atomic E-state index is 12.8. The Balaban J connectivity index is 2.11. The molecule has 2 amide bonds. The molecule has 2 rings (SSSR count). The Morgan fingerprint density at radius 1 is 1.19 bits per heavy atom. The Hall–Kier alpha value is -1.10. The highest BCUT2D eigenvalue weighted by atomic mass is 16.2. The normalized spacial score (nSPS) is 27.8. The zero-order chi connectivity index (χ0) is 15.6. The molecule has 0 saturated carbocycles. The second-order valence-corrected chi connectivity index (χ2v) is 6.82. The summed E-state index contributed by atoms with van der Waals surface area (Å²) in [5.41, 5.74) is -0.774. The summed E-state index contributed by atoms with van der Waals surface area (Å²) in [4.78, 5) is 29.4. The summed E-state index contributed by atoms with van der Waals surface area (Å²) in [5, 5.41) is 2.86. The van der Waals surface area contributed by atoms with Gasteiger partial charge in [0.25, 0.3) is 0 Å². The van der Waals surface area contributed by atoms with Crippen LogP contribution in [0, 0.1) is 0 Å². The van der Waals surface area contributed by atoms with Gasteiger partial charge in [-0.3, -0.25) is 9.59 Å². The van der Waals surface area contributed by atoms with Gasteiger partial charge in [0.15, 0.2) is 0 Å². The summed E-state index contributed by atoms with van der Waals surface area (Å²) in [7, 11) is 0. The number of piperidine rings is 1. The van der Waals surface area contributed by atoms with E-state index in [0.717, 1.165) is 32.5 Å². The predicted molar refractivity (Wildman–Crippen MR) is 82.9 cm³/mol. The fourth-order valence-corrected chi connectivity index (χ4v) is 3.58. The number of hydrogen-bond acceptors (Lipinski definition) is 3. The van der Waals surface area contributed by atoms with Gasteiger partial charge in [0.2, 0.25) is 11.8 Å². The minimum absolute atomic E-state index is 0.00177. The molecule has 2 aliphatic heterocycles. The van der Waals surface area contributed by atoms with Crippen LogP contribution in [0.5, 0.6) is 0 Å². The van der Waals surface area contributed by atoms with E-state index >= 15 is 0 Å². The molecule has 0 spiro atoms. The molecular formula is C16H29N3O2. The van der Waals surface area contributed by atoms with Crippen molar-refractivity contribution in [3.05, 3.63) is 0 Å². The van der Waals surface area contributed by atoms with E-state index in [0.29, 0.717) is 6.42 Å². The second kappa shape index (κ2) is 6.34. The summed E-state index contributed by atoms with van der Waals surface area (Å²) < 4.78 is 0. The first kappa shape index (κ1) is 16.3. The highest BCUT2D eigenvalue weighted by Crippen LogP contribution is 2.27. The van der Waals surface area contributed by atoms with E-state index in [1.165, 1.54) is 6.42 Å². The number of carbonyl (C=O) groups is 2. The molecule has 2 fully saturated rings. The van der Waals surface area contributed by atoms with E-state index in [2.05, 4.69) is 17.1 Å². The Labute approximate surface area is 128 Å². The van der Waals surface area contributed by atoms with Crippen LogP contribution in [-0.2, 0) is 9.59 Å². The van der Waals surface area contributed by atoms with Gasteiger partial charge in [-0.05, 0) is 46.1 Å². The van der Waals surface area contributed by atoms with Gasteiger partial charge in [0.05, 0.1) is 0 Å². The van der Waals surface area contributed by atoms with Crippen molar-refractivity contribution in [3.63, 3.8) is 0 Å². The Bertz CT molecular complexity index is 400. The monoisotopic (exact) mass is 295 g/mol. The SMILES string of the molecule is CCCN1CCC(N2C(=O)C(C)(C)NC(=O)C2CC)CC1. The average molecular weight is 295 g/mol. The molecule has 0 aromatic carbocycles. The molecule has 120 valence electrons. The van der Waals surface area contributed by atoms with Crippen molar-refractivity contribution in [3.8, 4) is 0 Å². The number of nitrogens with zero attached hydrogens (tertiary/aromatic N) is 2. The standard InChI is InChI=1S/C16H29N3O2/c1-5-9-18-10-7-12(8-11-18)19-13(6-2)14(20)17-16(3,4)15(19)21/h12-13H,5-11H2,1-4H3,(H,17,20). The van der Waals surface area contributed by atoms with Crippen molar-refractivity contribution in [2.24, 2.45) is 0 Å². The lowest BCUT2D eigenvalue weighted by atomic mass is 9.91. The zero-order valence-electron chi connectivity index (χ0n) is 13.8. The maximum absolute atomic E-state index is 12.8. The fourth-order valence-electron chi connectivity index (χ4n) is 3.58. The first-order valence-electron chi connectivity index (χ1n) is 8.27. The highest BCUT2D eigenvalue weighted by Gasteiger charge is 2.47. The first-order valence-corrected chi connectivity index (χ1v) is 8.27. The smallest absolute Gasteiger partial charge is 0.248 e. The molecule has 21 heavy (non-hydrogen) atoms. The molecule has 0 radical (unpaired) electrons. The molecule has 0 aromatic heterocycles. The Kier molecular flexibility index (Phi) is 4.91. The molecule has 5 heteroatoms. The molecule has 1 unspecified atom stereocenters. The van der Waals surface area contributed by atoms with E-state index in [9.17, 15) is 9.59 Å². The number of nitrogens with one attached hydrogen (secondary N) is 1. The minimum atomic E-state index is -0.774. The van der Waals surface area contributed by atoms with Crippen LogP contribution in [-0.4, -0.2) is 58.9 Å². The van der Waals surface area contributed by atoms with Gasteiger partial charge in [-0.25, -0.2) is 0 Å². The molecule has 0 aliphatic carbocycles. The lowest BCUT2D eigenvalue weighted by Crippen LogP contribution is -2.70. The maximum Gasteiger partial charge on any atom is 0.248 e. The molecule has 1 N–H and O–H groups in total. The van der Waals surface area contributed by atoms with Crippen LogP contribution >= 0.6 is 0 Å². The fraction of sp³-hybridized carbons (Fsp3) is 0.875. The van der Waals surface area contributed by atoms with E-state index in [1.807, 2.05) is 11.8 Å². The van der Waals surface area contributed by atoms with Gasteiger partial charge >= 0.3 is 0 Å². The van der Waals surface area contributed by atoms with Crippen molar-refractivity contribution < 1.29 is 9.59 Å². The molecule has 5 nitrogen and oxygen atoms in total. The molecule has 2 saturated heterocycles. The Morgan fingerprint density at radius 3 is 2.33 bits per heavy atom. The minimum Gasteiger partial charge on any atom is -0.340 e. The van der Waals surface area contributed by atoms with Crippen molar-refractivity contribution in [1.29, 1.82) is 0 Å². The molecule has 2 heterocycles. The van der Waals surface area contributed by atoms with Gasteiger partial charge in [-0.15, -0.1) is 0 Å². The van der Waals surface area contributed by atoms with E-state index in [4.69, 9.17) is 0 Å². The lowest BCUT2D eigenvalue weighted by Gasteiger charge is -2.48. The third-order valence-corrected chi connectivity index (χ3v) is 4.72. The van der Waals surface area contributed by atoms with Crippen LogP contribution in [0.25, 0.3) is 0 Å². The summed E-state index contributed by atoms with van der Waals surface area (Å²) in [6.45, 7) is 11.0. The average Bonchev–Trinajstić information content (AvgIpc) is 2.43. The summed E-state index contributed by atoms with van der Waals surface area (Å²) in [5.74, 6) is 0.0704. The number of likely N-dealkylation sites (tertiary alicyclic amines) is 1. The van der Waals surface area contributed by atoms with Crippen LogP contribution in [0.2, 0.25) is 0 Å². The lowest BCUT2D eigenvalue weighted by molar-refractivity contribution is -0.157. The Morgan fingerprint density at radius 2 is 1.81 bits per heavy atom. The van der Waals surface area contributed by atoms with Crippen LogP contribution in [0.4, 0.5) is 0 Å². The van der Waals surface area contributed by atoms with Crippen molar-refractivity contribution >= 4 is 11.8 Å². The van der Waals surface area contributed by atoms with Crippen LogP contribution in [0.1, 0.15) is 53.4 Å². The molecular weight excluding hydrogens is 266 g/mol. The van der Waals surface area contributed by atoms with Gasteiger partial charge in [0, 0.05) is 19.1 Å². The van der Waals surface area contributed by atoms with Crippen LogP contribution in [0.15, 0.2) is 0 Å². The number of piperazine rings is 1. The summed E-state index contributed by atoms with van der Waals surface area (Å²) in [6, 6.07) is -0.0888. The van der Waals surface area contributed by atoms with Crippen LogP contribution in [0.3, 0.4) is 0 Å². The quantitative estimate of drug-likeness (QED) is 0.852. The van der Waals surface area contributed by atoms with Gasteiger partial charge in [-0.1, -0.05) is 13.8 Å². The van der Waals surface area contributed by atoms with E-state index in [-0.39, 0.29) is 23.9 Å². The number of carbonyl (C=O) groups excluding carboxylic acids is 2. The first-order chi connectivity index (χ1) is 9.90. The highest BCUT2D eigenvalue weighted by molar-refractivity contribution is 5.99. The van der Waals surface area contributed by atoms with Crippen molar-refractivity contribution in [2.75, 3.05) is 19.6 Å². The van der Waals surface area contributed by atoms with Crippen LogP contribution < -0.4 is 5.32 Å². The second-order valence-electron chi connectivity index (χ2n) is 6.82. The van der Waals surface area contributed by atoms with Gasteiger partial charge in [-0.2, -0.15) is 0 Å². The van der Waals surface area contributed by atoms with Crippen molar-refractivity contribution in [1.82, 2.24) is 15.1 Å². The topological polar surface area (TPSA) is 52.6 Å². The summed E-state index contributed by atoms with van der Waals surface area (Å²) >= 11 is 0. The number of hydrogen-bond donors (Lipinski definition) is 1. The largest absolute Gasteiger partial charge is 0.340 e. The molecule has 0 aromatic rings. The van der Waals surface area contributed by atoms with Gasteiger partial charge < -0.3 is 15.1 Å². The third-order valence-electron chi connectivity index (χ3n) is 4.72. The predicted octanol–water partition coefficient (Wildman–Crippen LogP) is 1.38. The van der Waals surface area contributed by atoms with Crippen molar-refractivity contribution in [2.45, 2.75) is 71.0 Å². The molecule has 1 atom stereocenters. The number of rotatable bonds is 4. The molecule has 2 aliphatic rings.